The van der Waals surface area contributed by atoms with Gasteiger partial charge in [0.05, 0.1) is 11.2 Å². The van der Waals surface area contributed by atoms with E-state index in [1.54, 1.807) is 0 Å². The lowest BCUT2D eigenvalue weighted by atomic mass is 9.78. The minimum absolute atomic E-state index is 0.194. The first kappa shape index (κ1) is 46.5. The lowest BCUT2D eigenvalue weighted by Gasteiger charge is -2.28. The van der Waals surface area contributed by atoms with Crippen LogP contribution in [0, 0.1) is 3.57 Å². The number of anilines is 1. The van der Waals surface area contributed by atoms with Gasteiger partial charge in [-0.3, -0.25) is 4.55 Å². The first-order valence-electron chi connectivity index (χ1n) is 22.2. The number of rotatable bonds is 14. The first-order valence-corrected chi connectivity index (χ1v) is 27.3. The zero-order valence-corrected chi connectivity index (χ0v) is 43.7. The molecule has 0 saturated carbocycles. The van der Waals surface area contributed by atoms with Gasteiger partial charge >= 0.3 is 0 Å². The summed E-state index contributed by atoms with van der Waals surface area (Å²) >= 11 is 11.8. The van der Waals surface area contributed by atoms with Crippen molar-refractivity contribution in [3.05, 3.63) is 155 Å². The van der Waals surface area contributed by atoms with Gasteiger partial charge in [-0.2, -0.15) is 13.0 Å². The van der Waals surface area contributed by atoms with Gasteiger partial charge in [-0.05, 0) is 168 Å². The van der Waals surface area contributed by atoms with Crippen molar-refractivity contribution in [2.45, 2.75) is 102 Å². The molecule has 8 rings (SSSR count). The van der Waals surface area contributed by atoms with Gasteiger partial charge in [-0.1, -0.05) is 113 Å². The number of hydrogen-bond acceptors (Lipinski definition) is 4. The SMILES string of the molecule is CCCCC[N+]1=C(/C=C/C2=C(Sc3ccccc3I)C(=C/C=C3/N(CCCCS(=O)(=O)O)c4ccc5cc(Br)ccc5c4C3(C)C)/CCC2)C(C)(C)c2c1ccc1cc(Br)ccc21. The van der Waals surface area contributed by atoms with Gasteiger partial charge in [0.15, 0.2) is 5.71 Å². The van der Waals surface area contributed by atoms with E-state index in [1.807, 2.05) is 11.8 Å². The number of allylic oxidation sites excluding steroid dienone is 7. The summed E-state index contributed by atoms with van der Waals surface area (Å²) in [6, 6.07) is 30.9. The molecule has 5 aromatic rings. The third-order valence-electron chi connectivity index (χ3n) is 13.0. The summed E-state index contributed by atoms with van der Waals surface area (Å²) in [5.74, 6) is -0.237. The van der Waals surface area contributed by atoms with E-state index in [9.17, 15) is 13.0 Å². The predicted molar refractivity (Wildman–Crippen MR) is 283 cm³/mol. The summed E-state index contributed by atoms with van der Waals surface area (Å²) < 4.78 is 38.9. The first-order chi connectivity index (χ1) is 30.1. The van der Waals surface area contributed by atoms with Gasteiger partial charge < -0.3 is 4.90 Å². The summed E-state index contributed by atoms with van der Waals surface area (Å²) in [5, 5.41) is 4.98. The Morgan fingerprint density at radius 2 is 1.51 bits per heavy atom. The maximum Gasteiger partial charge on any atom is 0.264 e. The van der Waals surface area contributed by atoms with Crippen LogP contribution >= 0.6 is 66.2 Å². The second-order valence-electron chi connectivity index (χ2n) is 18.1. The summed E-state index contributed by atoms with van der Waals surface area (Å²) in [4.78, 5) is 4.97. The van der Waals surface area contributed by atoms with Crippen LogP contribution < -0.4 is 4.90 Å². The molecule has 2 aliphatic heterocycles. The number of thioether (sulfide) groups is 1. The van der Waals surface area contributed by atoms with Crippen LogP contribution in [0.5, 0.6) is 0 Å². The molecule has 0 spiro atoms. The fourth-order valence-electron chi connectivity index (χ4n) is 10.0. The average Bonchev–Trinajstić information content (AvgIpc) is 3.59. The van der Waals surface area contributed by atoms with Gasteiger partial charge in [0, 0.05) is 69.8 Å². The highest BCUT2D eigenvalue weighted by Gasteiger charge is 2.46. The third-order valence-corrected chi connectivity index (χ3v) is 17.4. The van der Waals surface area contributed by atoms with E-state index < -0.39 is 10.1 Å². The van der Waals surface area contributed by atoms with Crippen LogP contribution in [0.4, 0.5) is 11.4 Å². The van der Waals surface area contributed by atoms with Crippen LogP contribution in [0.2, 0.25) is 0 Å². The highest BCUT2D eigenvalue weighted by molar-refractivity contribution is 14.1. The second kappa shape index (κ2) is 19.1. The Morgan fingerprint density at radius 3 is 2.21 bits per heavy atom. The van der Waals surface area contributed by atoms with Gasteiger partial charge in [0.1, 0.15) is 6.54 Å². The smallest absolute Gasteiger partial charge is 0.264 e. The minimum atomic E-state index is -4.03. The molecule has 1 N–H and O–H groups in total. The van der Waals surface area contributed by atoms with E-state index in [-0.39, 0.29) is 16.6 Å². The summed E-state index contributed by atoms with van der Waals surface area (Å²) in [7, 11) is -4.03. The predicted octanol–water partition coefficient (Wildman–Crippen LogP) is 15.8. The molecule has 10 heteroatoms. The van der Waals surface area contributed by atoms with E-state index in [4.69, 9.17) is 0 Å². The van der Waals surface area contributed by atoms with Crippen molar-refractivity contribution < 1.29 is 17.5 Å². The number of hydrogen-bond donors (Lipinski definition) is 1. The number of benzene rings is 5. The van der Waals surface area contributed by atoms with E-state index in [1.165, 1.54) is 87.1 Å². The van der Waals surface area contributed by atoms with Crippen molar-refractivity contribution in [3.63, 3.8) is 0 Å². The summed E-state index contributed by atoms with van der Waals surface area (Å²) in [6.45, 7) is 13.4. The number of fused-ring (bicyclic) bond motifs is 6. The molecule has 5 nitrogen and oxygen atoms in total. The van der Waals surface area contributed by atoms with Crippen molar-refractivity contribution in [2.24, 2.45) is 0 Å². The standard InChI is InChI=1S/C53H55Br2IN2O3S2/c1-6-7-10-30-57-44-26-18-37-33-39(54)22-24-41(37)49(44)52(2,3)47(57)28-20-35-14-13-15-36(51(35)62-46-17-9-8-16-43(46)56)21-29-48-53(4,5)50-42-25-23-40(55)34-38(42)19-27-45(50)58(48)31-11-12-32-63(59,60)61/h8-9,16-29,33-34H,6-7,10-15,30-32H2,1-5H3/p+1. The maximum absolute atomic E-state index is 11.7. The van der Waals surface area contributed by atoms with Crippen LogP contribution in [-0.2, 0) is 20.9 Å². The van der Waals surface area contributed by atoms with E-state index in [0.717, 1.165) is 46.9 Å². The van der Waals surface area contributed by atoms with Crippen LogP contribution in [0.15, 0.2) is 145 Å². The molecule has 0 amide bonds. The Kier molecular flexibility index (Phi) is 14.1. The Morgan fingerprint density at radius 1 is 0.810 bits per heavy atom. The molecule has 0 radical (unpaired) electrons. The Bertz CT molecular complexity index is 2890. The molecule has 1 aliphatic carbocycles. The van der Waals surface area contributed by atoms with Crippen LogP contribution in [0.3, 0.4) is 0 Å². The van der Waals surface area contributed by atoms with Crippen LogP contribution in [0.1, 0.15) is 97.1 Å². The van der Waals surface area contributed by atoms with Crippen LogP contribution in [0.25, 0.3) is 21.5 Å². The molecule has 0 unspecified atom stereocenters. The Hall–Kier alpha value is -3.00. The fraction of sp³-hybridized carbons (Fsp3) is 0.340. The molecular weight excluding hydrogens is 1060 g/mol. The molecule has 0 bridgehead atoms. The number of halogens is 3. The topological polar surface area (TPSA) is 60.6 Å². The summed E-state index contributed by atoms with van der Waals surface area (Å²) in [6.07, 6.45) is 17.2. The van der Waals surface area contributed by atoms with Crippen LogP contribution in [-0.4, -0.2) is 42.1 Å². The largest absolute Gasteiger partial charge is 0.344 e. The Labute approximate surface area is 409 Å². The molecule has 63 heavy (non-hydrogen) atoms. The van der Waals surface area contributed by atoms with E-state index >= 15 is 0 Å². The molecule has 0 fully saturated rings. The van der Waals surface area contributed by atoms with Crippen molar-refractivity contribution in [3.8, 4) is 0 Å². The molecule has 3 aliphatic rings. The minimum Gasteiger partial charge on any atom is -0.344 e. The van der Waals surface area contributed by atoms with Gasteiger partial charge in [0.25, 0.3) is 10.1 Å². The zero-order valence-electron chi connectivity index (χ0n) is 36.8. The lowest BCUT2D eigenvalue weighted by molar-refractivity contribution is -0.438. The molecule has 0 saturated heterocycles. The lowest BCUT2D eigenvalue weighted by Crippen LogP contribution is -2.28. The molecule has 0 atom stereocenters. The van der Waals surface area contributed by atoms with Crippen molar-refractivity contribution in [2.75, 3.05) is 23.7 Å². The molecule has 0 aromatic heterocycles. The van der Waals surface area contributed by atoms with Crippen molar-refractivity contribution in [1.82, 2.24) is 0 Å². The highest BCUT2D eigenvalue weighted by atomic mass is 127. The zero-order chi connectivity index (χ0) is 44.7. The highest BCUT2D eigenvalue weighted by Crippen LogP contribution is 2.52. The van der Waals surface area contributed by atoms with E-state index in [2.05, 4.69) is 208 Å². The Balaban J connectivity index is 1.24. The maximum atomic E-state index is 11.7. The van der Waals surface area contributed by atoms with Crippen molar-refractivity contribution in [1.29, 1.82) is 0 Å². The van der Waals surface area contributed by atoms with Gasteiger partial charge in [0.2, 0.25) is 5.69 Å². The van der Waals surface area contributed by atoms with Crippen molar-refractivity contribution >= 4 is 115 Å². The molecule has 328 valence electrons. The van der Waals surface area contributed by atoms with E-state index in [0.29, 0.717) is 19.4 Å². The monoisotopic (exact) mass is 1120 g/mol. The van der Waals surface area contributed by atoms with Gasteiger partial charge in [-0.25, -0.2) is 0 Å². The normalized spacial score (nSPS) is 18.5. The molecule has 5 aromatic carbocycles. The van der Waals surface area contributed by atoms with Gasteiger partial charge in [-0.15, -0.1) is 0 Å². The number of unbranched alkanes of at least 4 members (excludes halogenated alkanes) is 3. The fourth-order valence-corrected chi connectivity index (χ4v) is 13.2. The quantitative estimate of drug-likeness (QED) is 0.0520. The molecular formula is C53H56Br2IN2O3S2+. The molecule has 2 heterocycles. The second-order valence-corrected chi connectivity index (χ2v) is 23.7. The number of nitrogens with zero attached hydrogens (tertiary/aromatic N) is 2. The average molecular weight is 1120 g/mol. The summed E-state index contributed by atoms with van der Waals surface area (Å²) in [5.41, 5.74) is 9.89. The third kappa shape index (κ3) is 9.64.